The molecule has 5 rings (SSSR count). The lowest BCUT2D eigenvalue weighted by Crippen LogP contribution is -2.35. The predicted molar refractivity (Wildman–Crippen MR) is 117 cm³/mol. The number of nitrogens with one attached hydrogen (secondary N) is 2. The van der Waals surface area contributed by atoms with E-state index in [2.05, 4.69) is 29.1 Å². The van der Waals surface area contributed by atoms with Crippen molar-refractivity contribution in [3.63, 3.8) is 0 Å². The van der Waals surface area contributed by atoms with E-state index in [0.29, 0.717) is 30.4 Å². The van der Waals surface area contributed by atoms with E-state index in [9.17, 15) is 18.3 Å². The Balaban J connectivity index is 1.36. The molecule has 1 unspecified atom stereocenters. The lowest BCUT2D eigenvalue weighted by Gasteiger charge is -2.20. The topological polar surface area (TPSA) is 118 Å². The number of furan rings is 1. The predicted octanol–water partition coefficient (Wildman–Crippen LogP) is 3.40. The highest BCUT2D eigenvalue weighted by Crippen LogP contribution is 2.46. The van der Waals surface area contributed by atoms with Crippen molar-refractivity contribution >= 4 is 21.7 Å². The van der Waals surface area contributed by atoms with Crippen LogP contribution in [0.3, 0.4) is 0 Å². The molecule has 1 saturated heterocycles. The molecule has 1 aromatic carbocycles. The minimum absolute atomic E-state index is 0.0704. The van der Waals surface area contributed by atoms with E-state index in [-0.39, 0.29) is 6.61 Å². The molecule has 2 heterocycles. The van der Waals surface area contributed by atoms with Gasteiger partial charge in [-0.3, -0.25) is 0 Å². The number of anilines is 1. The van der Waals surface area contributed by atoms with Crippen LogP contribution in [0.5, 0.6) is 0 Å². The van der Waals surface area contributed by atoms with Crippen LogP contribution >= 0.6 is 0 Å². The van der Waals surface area contributed by atoms with Crippen molar-refractivity contribution in [2.45, 2.75) is 62.1 Å². The third-order valence-electron chi connectivity index (χ3n) is 6.98. The molecule has 1 aliphatic heterocycles. The second kappa shape index (κ2) is 7.90. The van der Waals surface area contributed by atoms with E-state index in [1.807, 2.05) is 0 Å². The van der Waals surface area contributed by atoms with E-state index in [4.69, 9.17) is 9.15 Å². The monoisotopic (exact) mass is 460 g/mol. The molecule has 2 amide bonds. The number of rotatable bonds is 6. The number of benzene rings is 1. The summed E-state index contributed by atoms with van der Waals surface area (Å²) in [4.78, 5) is 12.8. The summed E-state index contributed by atoms with van der Waals surface area (Å²) in [5.74, 6) is 0.906. The van der Waals surface area contributed by atoms with E-state index in [1.165, 1.54) is 30.7 Å². The quantitative estimate of drug-likeness (QED) is 0.608. The maximum absolute atomic E-state index is 12.8. The molecule has 2 fully saturated rings. The Labute approximate surface area is 187 Å². The van der Waals surface area contributed by atoms with Crippen LogP contribution in [0.4, 0.5) is 10.5 Å². The summed E-state index contributed by atoms with van der Waals surface area (Å²) in [5, 5.41) is 13.0. The maximum atomic E-state index is 12.8. The van der Waals surface area contributed by atoms with Gasteiger partial charge in [0.05, 0.1) is 12.9 Å². The van der Waals surface area contributed by atoms with Gasteiger partial charge in [0.1, 0.15) is 5.60 Å². The molecule has 0 radical (unpaired) electrons. The molecule has 8 nitrogen and oxygen atoms in total. The number of urea groups is 1. The van der Waals surface area contributed by atoms with Gasteiger partial charge in [0.15, 0.2) is 0 Å². The molecule has 9 heteroatoms. The van der Waals surface area contributed by atoms with E-state index < -0.39 is 26.7 Å². The Morgan fingerprint density at radius 3 is 2.81 bits per heavy atom. The molecule has 2 aliphatic carbocycles. The van der Waals surface area contributed by atoms with Crippen molar-refractivity contribution in [2.75, 3.05) is 18.5 Å². The fourth-order valence-corrected chi connectivity index (χ4v) is 5.71. The van der Waals surface area contributed by atoms with Crippen LogP contribution in [-0.2, 0) is 33.2 Å². The summed E-state index contributed by atoms with van der Waals surface area (Å²) in [7, 11) is -4.25. The molecule has 2 aromatic rings. The minimum Gasteiger partial charge on any atom is -0.451 e. The van der Waals surface area contributed by atoms with Gasteiger partial charge in [-0.1, -0.05) is 19.1 Å². The van der Waals surface area contributed by atoms with Crippen LogP contribution in [0.1, 0.15) is 60.8 Å². The van der Waals surface area contributed by atoms with Crippen molar-refractivity contribution < 1.29 is 27.5 Å². The Morgan fingerprint density at radius 1 is 1.28 bits per heavy atom. The number of carbonyl (C=O) groups excluding carboxylic acids is 1. The van der Waals surface area contributed by atoms with Crippen molar-refractivity contribution in [1.82, 2.24) is 4.72 Å². The van der Waals surface area contributed by atoms with Gasteiger partial charge in [-0.05, 0) is 60.6 Å². The number of aryl methyl sites for hydroxylation is 1. The number of ether oxygens (including phenoxy) is 1. The molecule has 1 saturated carbocycles. The fourth-order valence-electron chi connectivity index (χ4n) is 4.86. The van der Waals surface area contributed by atoms with Gasteiger partial charge < -0.3 is 19.6 Å². The zero-order valence-corrected chi connectivity index (χ0v) is 18.8. The first-order valence-corrected chi connectivity index (χ1v) is 12.6. The first kappa shape index (κ1) is 21.5. The van der Waals surface area contributed by atoms with E-state index >= 15 is 0 Å². The standard InChI is InChI=1S/C23H28N2O6S/c1-14(15-5-6-15)18-8-7-16-3-2-4-19(16)21(18)24-22(26)25-32(28,29)20-11-17(12-31-20)23(27)9-10-30-13-23/h7-8,11-12,14-15,27H,2-6,9-10,13H2,1H3,(H2,24,25,26)/t14-,23?/m1/s1. The Bertz CT molecular complexity index is 1150. The van der Waals surface area contributed by atoms with Gasteiger partial charge in [-0.15, -0.1) is 0 Å². The Hall–Kier alpha value is -2.36. The smallest absolute Gasteiger partial charge is 0.333 e. The van der Waals surface area contributed by atoms with Gasteiger partial charge in [-0.2, -0.15) is 8.42 Å². The molecule has 3 aliphatic rings. The van der Waals surface area contributed by atoms with Crippen LogP contribution in [-0.4, -0.2) is 32.8 Å². The lowest BCUT2D eigenvalue weighted by molar-refractivity contribution is 0.0227. The summed E-state index contributed by atoms with van der Waals surface area (Å²) < 4.78 is 38.0. The van der Waals surface area contributed by atoms with Gasteiger partial charge in [0, 0.05) is 30.3 Å². The molecule has 32 heavy (non-hydrogen) atoms. The highest BCUT2D eigenvalue weighted by atomic mass is 32.2. The summed E-state index contributed by atoms with van der Waals surface area (Å²) >= 11 is 0. The Morgan fingerprint density at radius 2 is 2.09 bits per heavy atom. The van der Waals surface area contributed by atoms with Crippen molar-refractivity contribution in [3.05, 3.63) is 46.7 Å². The molecule has 1 aromatic heterocycles. The largest absolute Gasteiger partial charge is 0.451 e. The van der Waals surface area contributed by atoms with Crippen molar-refractivity contribution in [2.24, 2.45) is 5.92 Å². The molecule has 0 spiro atoms. The molecule has 2 atom stereocenters. The van der Waals surface area contributed by atoms with Crippen LogP contribution in [0.2, 0.25) is 0 Å². The third-order valence-corrected chi connectivity index (χ3v) is 8.18. The number of carbonyl (C=O) groups is 1. The SMILES string of the molecule is C[C@@H](c1ccc2c(c1NC(=O)NS(=O)(=O)c1cc(C3(O)CCOC3)co1)CCC2)C1CC1. The summed E-state index contributed by atoms with van der Waals surface area (Å²) in [6, 6.07) is 4.62. The van der Waals surface area contributed by atoms with Gasteiger partial charge >= 0.3 is 6.03 Å². The van der Waals surface area contributed by atoms with Gasteiger partial charge in [0.25, 0.3) is 10.0 Å². The van der Waals surface area contributed by atoms with Crippen molar-refractivity contribution in [3.8, 4) is 0 Å². The van der Waals surface area contributed by atoms with Gasteiger partial charge in [0.2, 0.25) is 5.09 Å². The van der Waals surface area contributed by atoms with Crippen LogP contribution in [0.25, 0.3) is 0 Å². The molecule has 3 N–H and O–H groups in total. The number of amides is 2. The second-order valence-corrected chi connectivity index (χ2v) is 10.8. The normalized spacial score (nSPS) is 23.7. The van der Waals surface area contributed by atoms with Crippen molar-refractivity contribution in [1.29, 1.82) is 0 Å². The fraction of sp³-hybridized carbons (Fsp3) is 0.522. The van der Waals surface area contributed by atoms with Crippen LogP contribution in [0.15, 0.2) is 34.0 Å². The zero-order valence-electron chi connectivity index (χ0n) is 18.0. The van der Waals surface area contributed by atoms with Crippen LogP contribution < -0.4 is 10.0 Å². The molecule has 172 valence electrons. The second-order valence-electron chi connectivity index (χ2n) is 9.20. The van der Waals surface area contributed by atoms with Gasteiger partial charge in [-0.25, -0.2) is 9.52 Å². The number of hydrogen-bond donors (Lipinski definition) is 3. The molecule has 0 bridgehead atoms. The number of fused-ring (bicyclic) bond motifs is 1. The van der Waals surface area contributed by atoms with Crippen LogP contribution in [0, 0.1) is 5.92 Å². The first-order chi connectivity index (χ1) is 15.3. The molecular formula is C23H28N2O6S. The maximum Gasteiger partial charge on any atom is 0.333 e. The minimum atomic E-state index is -4.25. The zero-order chi connectivity index (χ0) is 22.5. The highest BCUT2D eigenvalue weighted by Gasteiger charge is 2.37. The first-order valence-electron chi connectivity index (χ1n) is 11.1. The third kappa shape index (κ3) is 3.93. The number of aliphatic hydroxyl groups is 1. The lowest BCUT2D eigenvalue weighted by atomic mass is 9.91. The summed E-state index contributed by atoms with van der Waals surface area (Å²) in [6.07, 6.45) is 6.75. The average molecular weight is 461 g/mol. The number of hydrogen-bond acceptors (Lipinski definition) is 6. The average Bonchev–Trinajstić information content (AvgIpc) is 3.13. The Kier molecular flexibility index (Phi) is 5.30. The van der Waals surface area contributed by atoms with E-state index in [1.54, 1.807) is 0 Å². The summed E-state index contributed by atoms with van der Waals surface area (Å²) in [6.45, 7) is 2.62. The molecular weight excluding hydrogens is 432 g/mol. The number of sulfonamides is 1. The summed E-state index contributed by atoms with van der Waals surface area (Å²) in [5.41, 5.74) is 3.15. The highest BCUT2D eigenvalue weighted by molar-refractivity contribution is 7.89. The van der Waals surface area contributed by atoms with E-state index in [0.717, 1.165) is 36.1 Å².